The third-order valence-electron chi connectivity index (χ3n) is 4.65. The molecule has 2 rings (SSSR count). The molecule has 0 aromatic heterocycles. The minimum atomic E-state index is -1.86. The van der Waals surface area contributed by atoms with Crippen molar-refractivity contribution in [1.82, 2.24) is 10.6 Å². The number of hydrogen-bond donors (Lipinski definition) is 3. The smallest absolute Gasteiger partial charge is 0.313 e. The summed E-state index contributed by atoms with van der Waals surface area (Å²) in [5.74, 6) is -12.8. The summed E-state index contributed by atoms with van der Waals surface area (Å²) in [6.45, 7) is -0.00981. The summed E-state index contributed by atoms with van der Waals surface area (Å²) in [5, 5.41) is 6.54. The lowest BCUT2D eigenvalue weighted by Gasteiger charge is -2.18. The van der Waals surface area contributed by atoms with E-state index in [-0.39, 0.29) is 18.9 Å². The van der Waals surface area contributed by atoms with E-state index >= 15 is 0 Å². The van der Waals surface area contributed by atoms with Crippen LogP contribution in [0, 0.1) is 30.2 Å². The lowest BCUT2D eigenvalue weighted by Crippen LogP contribution is -2.48. The molecule has 0 saturated heterocycles. The number of aryl methyl sites for hydroxylation is 1. The summed E-state index contributed by atoms with van der Waals surface area (Å²) in [6.07, 6.45) is -0.0210. The molecular formula is C23H21F4N3O6. The standard InChI is InChI=1S/C23H21F4N3O6/c1-12-4-6-13(7-5-12)29-23(35)22(34)28-10-18(33)30-16(3-2-8-31)17(32)11-36-21-19(26)14(24)9-15(25)20(21)27/h4-9,16H,2-3,10-11H2,1H3,(H,28,34)(H,29,35)(H,30,33). The monoisotopic (exact) mass is 511 g/mol. The maximum atomic E-state index is 13.7. The number of ketones is 1. The van der Waals surface area contributed by atoms with Crippen LogP contribution in [0.1, 0.15) is 18.4 Å². The Morgan fingerprint density at radius 2 is 1.58 bits per heavy atom. The summed E-state index contributed by atoms with van der Waals surface area (Å²) in [5.41, 5.74) is 1.27. The van der Waals surface area contributed by atoms with E-state index in [2.05, 4.69) is 15.4 Å². The number of carbonyl (C=O) groups is 5. The summed E-state index contributed by atoms with van der Waals surface area (Å²) in [6, 6.07) is 5.08. The van der Waals surface area contributed by atoms with Gasteiger partial charge in [0.05, 0.1) is 12.6 Å². The van der Waals surface area contributed by atoms with Crippen LogP contribution in [0.2, 0.25) is 0 Å². The number of Topliss-reactive ketones (excluding diaryl/α,β-unsaturated/α-hetero) is 1. The number of ether oxygens (including phenoxy) is 1. The lowest BCUT2D eigenvalue weighted by molar-refractivity contribution is -0.137. The third kappa shape index (κ3) is 7.89. The van der Waals surface area contributed by atoms with Gasteiger partial charge >= 0.3 is 11.8 Å². The van der Waals surface area contributed by atoms with Crippen molar-refractivity contribution in [3.63, 3.8) is 0 Å². The van der Waals surface area contributed by atoms with Gasteiger partial charge in [0.1, 0.15) is 12.9 Å². The number of rotatable bonds is 11. The summed E-state index contributed by atoms with van der Waals surface area (Å²) < 4.78 is 58.5. The van der Waals surface area contributed by atoms with Crippen LogP contribution in [-0.4, -0.2) is 49.0 Å². The van der Waals surface area contributed by atoms with Crippen LogP contribution in [0.25, 0.3) is 0 Å². The van der Waals surface area contributed by atoms with Gasteiger partial charge in [0.25, 0.3) is 0 Å². The molecule has 2 aromatic rings. The summed E-state index contributed by atoms with van der Waals surface area (Å²) in [7, 11) is 0. The van der Waals surface area contributed by atoms with Gasteiger partial charge in [-0.15, -0.1) is 0 Å². The molecule has 1 unspecified atom stereocenters. The topological polar surface area (TPSA) is 131 Å². The number of carbonyl (C=O) groups excluding carboxylic acids is 5. The lowest BCUT2D eigenvalue weighted by atomic mass is 10.1. The molecule has 13 heteroatoms. The second-order valence-corrected chi connectivity index (χ2v) is 7.42. The number of benzene rings is 2. The van der Waals surface area contributed by atoms with Crippen LogP contribution in [0.5, 0.6) is 5.75 Å². The normalized spacial score (nSPS) is 11.2. The molecule has 0 aliphatic carbocycles. The zero-order chi connectivity index (χ0) is 26.8. The fourth-order valence-corrected chi connectivity index (χ4v) is 2.78. The van der Waals surface area contributed by atoms with E-state index in [4.69, 9.17) is 0 Å². The highest BCUT2D eigenvalue weighted by Gasteiger charge is 2.25. The number of amides is 3. The Labute approximate surface area is 202 Å². The van der Waals surface area contributed by atoms with E-state index < -0.39 is 71.7 Å². The zero-order valence-electron chi connectivity index (χ0n) is 18.8. The number of nitrogens with one attached hydrogen (secondary N) is 3. The Morgan fingerprint density at radius 1 is 0.972 bits per heavy atom. The van der Waals surface area contributed by atoms with Gasteiger partial charge in [0.15, 0.2) is 23.2 Å². The number of halogens is 4. The van der Waals surface area contributed by atoms with Crippen LogP contribution in [0.3, 0.4) is 0 Å². The molecule has 1 atom stereocenters. The van der Waals surface area contributed by atoms with Gasteiger partial charge in [-0.1, -0.05) is 17.7 Å². The molecule has 0 heterocycles. The average Bonchev–Trinajstić information content (AvgIpc) is 2.84. The van der Waals surface area contributed by atoms with Gasteiger partial charge in [-0.25, -0.2) is 8.78 Å². The van der Waals surface area contributed by atoms with E-state index in [0.29, 0.717) is 12.0 Å². The Hall–Kier alpha value is -4.29. The third-order valence-corrected chi connectivity index (χ3v) is 4.65. The maximum absolute atomic E-state index is 13.7. The largest absolute Gasteiger partial charge is 0.479 e. The van der Waals surface area contributed by atoms with Gasteiger partial charge in [-0.2, -0.15) is 8.78 Å². The van der Waals surface area contributed by atoms with Crippen molar-refractivity contribution in [2.75, 3.05) is 18.5 Å². The first-order chi connectivity index (χ1) is 17.0. The number of hydrogen-bond acceptors (Lipinski definition) is 6. The average molecular weight is 511 g/mol. The van der Waals surface area contributed by atoms with E-state index in [1.807, 2.05) is 12.2 Å². The van der Waals surface area contributed by atoms with Crippen molar-refractivity contribution in [1.29, 1.82) is 0 Å². The number of aldehydes is 1. The van der Waals surface area contributed by atoms with Crippen LogP contribution in [0.4, 0.5) is 23.2 Å². The zero-order valence-corrected chi connectivity index (χ0v) is 18.8. The Bertz CT molecular complexity index is 1130. The Kier molecular flexibility index (Phi) is 10.1. The second-order valence-electron chi connectivity index (χ2n) is 7.42. The van der Waals surface area contributed by atoms with Crippen LogP contribution in [-0.2, 0) is 24.0 Å². The van der Waals surface area contributed by atoms with Gasteiger partial charge in [0.2, 0.25) is 17.5 Å². The SMILES string of the molecule is Cc1ccc(NC(=O)C(=O)NCC(=O)NC(CCC=O)C(=O)COc2c(F)c(F)cc(F)c2F)cc1. The van der Waals surface area contributed by atoms with Crippen molar-refractivity contribution in [3.8, 4) is 5.75 Å². The first-order valence-electron chi connectivity index (χ1n) is 10.4. The first kappa shape index (κ1) is 28.0. The Balaban J connectivity index is 1.93. The minimum Gasteiger partial charge on any atom is -0.479 e. The van der Waals surface area contributed by atoms with Crippen molar-refractivity contribution >= 4 is 35.5 Å². The van der Waals surface area contributed by atoms with E-state index in [1.165, 1.54) is 0 Å². The molecule has 0 aliphatic heterocycles. The maximum Gasteiger partial charge on any atom is 0.313 e. The molecule has 36 heavy (non-hydrogen) atoms. The highest BCUT2D eigenvalue weighted by molar-refractivity contribution is 6.39. The van der Waals surface area contributed by atoms with Crippen molar-refractivity contribution < 1.29 is 46.3 Å². The highest BCUT2D eigenvalue weighted by Crippen LogP contribution is 2.26. The molecule has 3 N–H and O–H groups in total. The first-order valence-corrected chi connectivity index (χ1v) is 10.4. The quantitative estimate of drug-likeness (QED) is 0.182. The summed E-state index contributed by atoms with van der Waals surface area (Å²) in [4.78, 5) is 59.1. The molecule has 0 bridgehead atoms. The molecule has 0 fully saturated rings. The Morgan fingerprint density at radius 3 is 2.17 bits per heavy atom. The molecule has 0 spiro atoms. The van der Waals surface area contributed by atoms with Crippen LogP contribution >= 0.6 is 0 Å². The molecule has 192 valence electrons. The minimum absolute atomic E-state index is 0.0399. The van der Waals surface area contributed by atoms with Gasteiger partial charge in [0, 0.05) is 18.2 Å². The fourth-order valence-electron chi connectivity index (χ4n) is 2.78. The van der Waals surface area contributed by atoms with Crippen molar-refractivity contribution in [3.05, 3.63) is 59.2 Å². The highest BCUT2D eigenvalue weighted by atomic mass is 19.2. The predicted octanol–water partition coefficient (Wildman–Crippen LogP) is 1.72. The molecule has 2 aromatic carbocycles. The van der Waals surface area contributed by atoms with E-state index in [1.54, 1.807) is 24.3 Å². The second kappa shape index (κ2) is 13.0. The molecule has 0 aliphatic rings. The van der Waals surface area contributed by atoms with Crippen LogP contribution in [0.15, 0.2) is 30.3 Å². The van der Waals surface area contributed by atoms with Crippen molar-refractivity contribution in [2.24, 2.45) is 0 Å². The molecule has 0 radical (unpaired) electrons. The summed E-state index contributed by atoms with van der Waals surface area (Å²) >= 11 is 0. The van der Waals surface area contributed by atoms with Gasteiger partial charge in [-0.3, -0.25) is 19.2 Å². The predicted molar refractivity (Wildman–Crippen MR) is 117 cm³/mol. The number of anilines is 1. The molecule has 0 saturated carbocycles. The van der Waals surface area contributed by atoms with E-state index in [0.717, 1.165) is 5.56 Å². The van der Waals surface area contributed by atoms with Crippen LogP contribution < -0.4 is 20.7 Å². The molecular weight excluding hydrogens is 490 g/mol. The van der Waals surface area contributed by atoms with Crippen molar-refractivity contribution in [2.45, 2.75) is 25.8 Å². The fraction of sp³-hybridized carbons (Fsp3) is 0.261. The van der Waals surface area contributed by atoms with Gasteiger partial charge in [-0.05, 0) is 25.5 Å². The van der Waals surface area contributed by atoms with E-state index in [9.17, 15) is 41.5 Å². The molecule has 3 amide bonds. The molecule has 9 nitrogen and oxygen atoms in total. The van der Waals surface area contributed by atoms with Gasteiger partial charge < -0.3 is 25.5 Å².